The maximum absolute atomic E-state index is 12.2. The fraction of sp³-hybridized carbons (Fsp3) is 0.792. The number of ether oxygens (including phenoxy) is 4. The van der Waals surface area contributed by atoms with Gasteiger partial charge in [-0.2, -0.15) is 0 Å². The Morgan fingerprint density at radius 3 is 2.45 bits per heavy atom. The first-order valence-electron chi connectivity index (χ1n) is 11.4. The van der Waals surface area contributed by atoms with Crippen LogP contribution in [0.5, 0.6) is 0 Å². The molecule has 2 aliphatic heterocycles. The number of hydrogen-bond donors (Lipinski definition) is 0. The fourth-order valence-corrected chi connectivity index (χ4v) is 7.22. The van der Waals surface area contributed by atoms with Crippen molar-refractivity contribution < 1.29 is 33.3 Å². The molecule has 1 unspecified atom stereocenters. The third-order valence-electron chi connectivity index (χ3n) is 8.59. The van der Waals surface area contributed by atoms with Crippen LogP contribution in [0.25, 0.3) is 0 Å². The van der Waals surface area contributed by atoms with E-state index in [9.17, 15) is 14.4 Å². The van der Waals surface area contributed by atoms with Crippen molar-refractivity contribution in [3.63, 3.8) is 0 Å². The molecule has 3 fully saturated rings. The third-order valence-corrected chi connectivity index (χ3v) is 8.59. The second kappa shape index (κ2) is 7.61. The molecule has 1 saturated heterocycles. The zero-order chi connectivity index (χ0) is 22.6. The summed E-state index contributed by atoms with van der Waals surface area (Å²) in [7, 11) is 0. The first kappa shape index (κ1) is 22.3. The number of esters is 3. The van der Waals surface area contributed by atoms with Gasteiger partial charge in [0.25, 0.3) is 0 Å². The standard InChI is InChI=1S/C24H34O7/c1-14(25)29-13-23(4)18-6-10-24(5)19(12-17(31-24)16-8-11-28-21(16)27)22(18,3)9-7-20(23)30-15(2)26/h8,17-20H,6-7,9-13H2,1-5H3/t17?,18-,19-,20+,22+,23-,24+/m0/s1. The molecular weight excluding hydrogens is 400 g/mol. The van der Waals surface area contributed by atoms with Crippen LogP contribution < -0.4 is 0 Å². The molecule has 2 heterocycles. The number of carbonyl (C=O) groups excluding carboxylic acids is 3. The van der Waals surface area contributed by atoms with E-state index in [0.717, 1.165) is 25.7 Å². The summed E-state index contributed by atoms with van der Waals surface area (Å²) in [5.74, 6) is -0.464. The van der Waals surface area contributed by atoms with Crippen LogP contribution in [0.2, 0.25) is 0 Å². The molecule has 0 bridgehead atoms. The molecule has 0 aromatic rings. The molecule has 0 aromatic carbocycles. The second-order valence-corrected chi connectivity index (χ2v) is 10.5. The van der Waals surface area contributed by atoms with Crippen LogP contribution in [0.15, 0.2) is 11.6 Å². The predicted molar refractivity (Wildman–Crippen MR) is 111 cm³/mol. The van der Waals surface area contributed by atoms with Gasteiger partial charge in [0.15, 0.2) is 0 Å². The minimum atomic E-state index is -0.477. The van der Waals surface area contributed by atoms with E-state index >= 15 is 0 Å². The molecule has 2 saturated carbocycles. The van der Waals surface area contributed by atoms with E-state index in [1.54, 1.807) is 0 Å². The van der Waals surface area contributed by atoms with Crippen molar-refractivity contribution in [2.45, 2.75) is 84.5 Å². The van der Waals surface area contributed by atoms with Crippen LogP contribution in [0, 0.1) is 22.7 Å². The highest BCUT2D eigenvalue weighted by atomic mass is 16.6. The van der Waals surface area contributed by atoms with E-state index in [0.29, 0.717) is 18.6 Å². The quantitative estimate of drug-likeness (QED) is 0.495. The van der Waals surface area contributed by atoms with Gasteiger partial charge < -0.3 is 18.9 Å². The summed E-state index contributed by atoms with van der Waals surface area (Å²) in [5, 5.41) is 0. The molecule has 7 nitrogen and oxygen atoms in total. The van der Waals surface area contributed by atoms with Crippen LogP contribution in [0.3, 0.4) is 0 Å². The van der Waals surface area contributed by atoms with Gasteiger partial charge in [-0.15, -0.1) is 0 Å². The molecule has 7 heteroatoms. The van der Waals surface area contributed by atoms with Gasteiger partial charge in [-0.1, -0.05) is 13.8 Å². The van der Waals surface area contributed by atoms with Crippen molar-refractivity contribution in [2.24, 2.45) is 22.7 Å². The summed E-state index contributed by atoms with van der Waals surface area (Å²) >= 11 is 0. The van der Waals surface area contributed by atoms with Gasteiger partial charge in [-0.05, 0) is 62.4 Å². The molecule has 172 valence electrons. The normalized spacial score (nSPS) is 44.0. The first-order chi connectivity index (χ1) is 14.5. The fourth-order valence-electron chi connectivity index (χ4n) is 7.22. The van der Waals surface area contributed by atoms with E-state index in [1.165, 1.54) is 13.8 Å². The highest BCUT2D eigenvalue weighted by Crippen LogP contribution is 2.66. The Kier molecular flexibility index (Phi) is 5.48. The number of hydrogen-bond acceptors (Lipinski definition) is 7. The van der Waals surface area contributed by atoms with Crippen molar-refractivity contribution in [1.82, 2.24) is 0 Å². The third kappa shape index (κ3) is 3.59. The Hall–Kier alpha value is -1.89. The Labute approximate surface area is 183 Å². The monoisotopic (exact) mass is 434 g/mol. The van der Waals surface area contributed by atoms with Crippen molar-refractivity contribution in [3.05, 3.63) is 11.6 Å². The number of carbonyl (C=O) groups is 3. The molecule has 2 aliphatic carbocycles. The summed E-state index contributed by atoms with van der Waals surface area (Å²) in [6.45, 7) is 9.96. The van der Waals surface area contributed by atoms with Crippen LogP contribution in [-0.4, -0.2) is 48.9 Å². The molecule has 4 aliphatic rings. The van der Waals surface area contributed by atoms with E-state index < -0.39 is 5.41 Å². The maximum Gasteiger partial charge on any atom is 0.336 e. The molecular formula is C24H34O7. The average molecular weight is 435 g/mol. The van der Waals surface area contributed by atoms with Crippen molar-refractivity contribution >= 4 is 17.9 Å². The van der Waals surface area contributed by atoms with Crippen molar-refractivity contribution in [3.8, 4) is 0 Å². The minimum absolute atomic E-state index is 0.0869. The number of fused-ring (bicyclic) bond motifs is 3. The Balaban J connectivity index is 1.65. The SMILES string of the molecule is CC(=O)OC[C@@]1(C)[C@H]2CC[C@@]3(C)OC(C4=CCOC4=O)C[C@H]3[C@]2(C)CC[C@H]1OC(C)=O. The number of rotatable bonds is 4. The zero-order valence-electron chi connectivity index (χ0n) is 19.2. The highest BCUT2D eigenvalue weighted by Gasteiger charge is 2.66. The molecule has 0 aromatic heterocycles. The van der Waals surface area contributed by atoms with Gasteiger partial charge in [0.05, 0.1) is 17.3 Å². The molecule has 4 rings (SSSR count). The lowest BCUT2D eigenvalue weighted by atomic mass is 9.44. The molecule has 0 radical (unpaired) electrons. The van der Waals surface area contributed by atoms with Crippen molar-refractivity contribution in [1.29, 1.82) is 0 Å². The minimum Gasteiger partial charge on any atom is -0.465 e. The molecule has 31 heavy (non-hydrogen) atoms. The molecule has 0 N–H and O–H groups in total. The summed E-state index contributed by atoms with van der Waals surface area (Å²) in [4.78, 5) is 35.6. The van der Waals surface area contributed by atoms with Gasteiger partial charge in [0.1, 0.15) is 19.3 Å². The predicted octanol–water partition coefficient (Wildman–Crippen LogP) is 3.34. The topological polar surface area (TPSA) is 88.1 Å². The van der Waals surface area contributed by atoms with Gasteiger partial charge in [0, 0.05) is 19.3 Å². The lowest BCUT2D eigenvalue weighted by molar-refractivity contribution is -0.213. The highest BCUT2D eigenvalue weighted by molar-refractivity contribution is 5.91. The lowest BCUT2D eigenvalue weighted by Crippen LogP contribution is -2.62. The smallest absolute Gasteiger partial charge is 0.336 e. The Morgan fingerprint density at radius 1 is 1.10 bits per heavy atom. The molecule has 7 atom stereocenters. The number of cyclic esters (lactones) is 1. The summed E-state index contributed by atoms with van der Waals surface area (Å²) < 4.78 is 22.9. The molecule has 0 amide bonds. The second-order valence-electron chi connectivity index (χ2n) is 10.5. The van der Waals surface area contributed by atoms with E-state index in [2.05, 4.69) is 20.8 Å². The van der Waals surface area contributed by atoms with Crippen LogP contribution in [0.4, 0.5) is 0 Å². The van der Waals surface area contributed by atoms with Crippen LogP contribution in [-0.2, 0) is 33.3 Å². The van der Waals surface area contributed by atoms with E-state index in [-0.39, 0.29) is 59.6 Å². The van der Waals surface area contributed by atoms with E-state index in [4.69, 9.17) is 18.9 Å². The van der Waals surface area contributed by atoms with Crippen LogP contribution >= 0.6 is 0 Å². The van der Waals surface area contributed by atoms with E-state index in [1.807, 2.05) is 6.08 Å². The summed E-state index contributed by atoms with van der Waals surface area (Å²) in [5.41, 5.74) is -0.242. The Bertz CT molecular complexity index is 819. The van der Waals surface area contributed by atoms with Gasteiger partial charge in [0.2, 0.25) is 0 Å². The zero-order valence-corrected chi connectivity index (χ0v) is 19.2. The lowest BCUT2D eigenvalue weighted by Gasteiger charge is -2.62. The maximum atomic E-state index is 12.2. The first-order valence-corrected chi connectivity index (χ1v) is 11.4. The van der Waals surface area contributed by atoms with Crippen LogP contribution in [0.1, 0.15) is 66.7 Å². The van der Waals surface area contributed by atoms with Crippen molar-refractivity contribution in [2.75, 3.05) is 13.2 Å². The molecule has 0 spiro atoms. The van der Waals surface area contributed by atoms with Gasteiger partial charge >= 0.3 is 17.9 Å². The largest absolute Gasteiger partial charge is 0.465 e. The van der Waals surface area contributed by atoms with Gasteiger partial charge in [-0.3, -0.25) is 9.59 Å². The average Bonchev–Trinajstić information content (AvgIpc) is 3.26. The summed E-state index contributed by atoms with van der Waals surface area (Å²) in [6, 6.07) is 0. The summed E-state index contributed by atoms with van der Waals surface area (Å²) in [6.07, 6.45) is 5.41. The Morgan fingerprint density at radius 2 is 1.84 bits per heavy atom. The van der Waals surface area contributed by atoms with Gasteiger partial charge in [-0.25, -0.2) is 4.79 Å².